The van der Waals surface area contributed by atoms with Crippen molar-refractivity contribution in [1.29, 1.82) is 0 Å². The lowest BCUT2D eigenvalue weighted by Gasteiger charge is -2.26. The lowest BCUT2D eigenvalue weighted by Crippen LogP contribution is -2.33. The number of carbonyl (C=O) groups excluding carboxylic acids is 1. The fraction of sp³-hybridized carbons (Fsp3) is 0.571. The quantitative estimate of drug-likeness (QED) is 0.783. The normalized spacial score (nSPS) is 25.1. The number of carbonyl (C=O) groups is 1. The number of halogens is 1. The maximum atomic E-state index is 12.6. The third kappa shape index (κ3) is 2.64. The largest absolute Gasteiger partial charge is 0.369 e. The van der Waals surface area contributed by atoms with Crippen LogP contribution in [-0.4, -0.2) is 22.0 Å². The van der Waals surface area contributed by atoms with Crippen LogP contribution in [0.4, 0.5) is 0 Å². The van der Waals surface area contributed by atoms with Gasteiger partial charge in [-0.05, 0) is 56.1 Å². The number of hydrogen-bond donors (Lipinski definition) is 0. The molecule has 1 aliphatic rings. The van der Waals surface area contributed by atoms with Gasteiger partial charge in [0.15, 0.2) is 5.78 Å². The molecule has 4 heteroatoms. The second-order valence-electron chi connectivity index (χ2n) is 5.98. The van der Waals surface area contributed by atoms with Gasteiger partial charge in [-0.25, -0.2) is 0 Å². The van der Waals surface area contributed by atoms with E-state index in [1.807, 2.05) is 33.8 Å². The molecule has 0 radical (unpaired) electrons. The SMILES string of the molecule is CC1(C)CC(C(=O)c2cncc(Br)c2)C(C)(C)O1. The summed E-state index contributed by atoms with van der Waals surface area (Å²) in [6, 6.07) is 1.82. The number of rotatable bonds is 2. The van der Waals surface area contributed by atoms with Gasteiger partial charge in [0.25, 0.3) is 0 Å². The van der Waals surface area contributed by atoms with Crippen molar-refractivity contribution in [2.24, 2.45) is 5.92 Å². The van der Waals surface area contributed by atoms with Gasteiger partial charge in [-0.15, -0.1) is 0 Å². The maximum Gasteiger partial charge on any atom is 0.170 e. The standard InChI is InChI=1S/C14H18BrNO2/c1-13(2)6-11(14(3,4)18-13)12(17)9-5-10(15)8-16-7-9/h5,7-8,11H,6H2,1-4H3. The second-order valence-corrected chi connectivity index (χ2v) is 6.89. The Morgan fingerprint density at radius 2 is 2.06 bits per heavy atom. The number of ether oxygens (including phenoxy) is 1. The van der Waals surface area contributed by atoms with Gasteiger partial charge in [-0.3, -0.25) is 9.78 Å². The first-order chi connectivity index (χ1) is 8.21. The van der Waals surface area contributed by atoms with Gasteiger partial charge in [0.05, 0.1) is 17.1 Å². The van der Waals surface area contributed by atoms with E-state index in [1.165, 1.54) is 0 Å². The van der Waals surface area contributed by atoms with Crippen molar-refractivity contribution in [1.82, 2.24) is 4.98 Å². The Morgan fingerprint density at radius 1 is 1.39 bits per heavy atom. The van der Waals surface area contributed by atoms with Gasteiger partial charge in [0.2, 0.25) is 0 Å². The minimum Gasteiger partial charge on any atom is -0.369 e. The number of hydrogen-bond acceptors (Lipinski definition) is 3. The molecule has 1 atom stereocenters. The highest BCUT2D eigenvalue weighted by Gasteiger charge is 2.49. The zero-order valence-corrected chi connectivity index (χ0v) is 12.7. The number of ketones is 1. The smallest absolute Gasteiger partial charge is 0.170 e. The summed E-state index contributed by atoms with van der Waals surface area (Å²) in [5, 5.41) is 0. The molecule has 2 heterocycles. The molecule has 2 rings (SSSR count). The first-order valence-corrected chi connectivity index (χ1v) is 6.85. The van der Waals surface area contributed by atoms with E-state index in [9.17, 15) is 4.79 Å². The molecule has 1 aromatic heterocycles. The van der Waals surface area contributed by atoms with Gasteiger partial charge in [-0.1, -0.05) is 0 Å². The van der Waals surface area contributed by atoms with E-state index in [1.54, 1.807) is 12.4 Å². The predicted molar refractivity (Wildman–Crippen MR) is 73.6 cm³/mol. The van der Waals surface area contributed by atoms with Crippen molar-refractivity contribution in [3.63, 3.8) is 0 Å². The van der Waals surface area contributed by atoms with Crippen LogP contribution < -0.4 is 0 Å². The Balaban J connectivity index is 2.30. The van der Waals surface area contributed by atoms with Crippen molar-refractivity contribution in [3.05, 3.63) is 28.5 Å². The lowest BCUT2D eigenvalue weighted by molar-refractivity contribution is -0.0712. The minimum atomic E-state index is -0.428. The first kappa shape index (κ1) is 13.7. The molecule has 98 valence electrons. The monoisotopic (exact) mass is 311 g/mol. The van der Waals surface area contributed by atoms with Crippen LogP contribution in [0.5, 0.6) is 0 Å². The summed E-state index contributed by atoms with van der Waals surface area (Å²) in [4.78, 5) is 16.6. The van der Waals surface area contributed by atoms with Crippen LogP contribution in [-0.2, 0) is 4.74 Å². The van der Waals surface area contributed by atoms with E-state index in [0.717, 1.165) is 10.9 Å². The van der Waals surface area contributed by atoms with E-state index in [-0.39, 0.29) is 17.3 Å². The highest BCUT2D eigenvalue weighted by molar-refractivity contribution is 9.10. The summed E-state index contributed by atoms with van der Waals surface area (Å²) >= 11 is 3.34. The molecule has 0 spiro atoms. The fourth-order valence-electron chi connectivity index (χ4n) is 2.72. The van der Waals surface area contributed by atoms with Crippen LogP contribution in [0, 0.1) is 5.92 Å². The molecule has 0 aliphatic carbocycles. The summed E-state index contributed by atoms with van der Waals surface area (Å²) < 4.78 is 6.79. The van der Waals surface area contributed by atoms with Crippen LogP contribution in [0.25, 0.3) is 0 Å². The highest BCUT2D eigenvalue weighted by atomic mass is 79.9. The summed E-state index contributed by atoms with van der Waals surface area (Å²) in [7, 11) is 0. The Labute approximate surface area is 116 Å². The third-order valence-electron chi connectivity index (χ3n) is 3.38. The zero-order valence-electron chi connectivity index (χ0n) is 11.2. The van der Waals surface area contributed by atoms with Crippen molar-refractivity contribution >= 4 is 21.7 Å². The molecule has 18 heavy (non-hydrogen) atoms. The fourth-order valence-corrected chi connectivity index (χ4v) is 3.08. The highest BCUT2D eigenvalue weighted by Crippen LogP contribution is 2.43. The van der Waals surface area contributed by atoms with Crippen molar-refractivity contribution in [2.75, 3.05) is 0 Å². The van der Waals surface area contributed by atoms with E-state index in [2.05, 4.69) is 20.9 Å². The van der Waals surface area contributed by atoms with E-state index < -0.39 is 5.60 Å². The summed E-state index contributed by atoms with van der Waals surface area (Å²) in [6.07, 6.45) is 4.04. The van der Waals surface area contributed by atoms with E-state index in [0.29, 0.717) is 5.56 Å². The van der Waals surface area contributed by atoms with Gasteiger partial charge in [0, 0.05) is 22.4 Å². The number of aromatic nitrogens is 1. The van der Waals surface area contributed by atoms with Crippen molar-refractivity contribution in [3.8, 4) is 0 Å². The molecule has 3 nitrogen and oxygen atoms in total. The predicted octanol–water partition coefficient (Wildman–Crippen LogP) is 3.62. The molecule has 0 aromatic carbocycles. The number of pyridine rings is 1. The maximum absolute atomic E-state index is 12.6. The third-order valence-corrected chi connectivity index (χ3v) is 3.81. The summed E-state index contributed by atoms with van der Waals surface area (Å²) in [5.74, 6) is -0.0111. The number of Topliss-reactive ketones (excluding diaryl/α,β-unsaturated/α-hetero) is 1. The Morgan fingerprint density at radius 3 is 2.56 bits per heavy atom. The molecule has 0 saturated carbocycles. The molecule has 0 amide bonds. The zero-order chi connectivity index (χ0) is 13.6. The first-order valence-electron chi connectivity index (χ1n) is 6.06. The average molecular weight is 312 g/mol. The van der Waals surface area contributed by atoms with Gasteiger partial charge >= 0.3 is 0 Å². The molecule has 1 unspecified atom stereocenters. The molecule has 1 aromatic rings. The molecule has 1 aliphatic heterocycles. The van der Waals surface area contributed by atoms with Gasteiger partial charge in [-0.2, -0.15) is 0 Å². The van der Waals surface area contributed by atoms with Crippen LogP contribution >= 0.6 is 15.9 Å². The van der Waals surface area contributed by atoms with Crippen molar-refractivity contribution in [2.45, 2.75) is 45.3 Å². The van der Waals surface area contributed by atoms with Gasteiger partial charge < -0.3 is 4.74 Å². The van der Waals surface area contributed by atoms with Crippen LogP contribution in [0.15, 0.2) is 22.9 Å². The van der Waals surface area contributed by atoms with Gasteiger partial charge in [0.1, 0.15) is 0 Å². The van der Waals surface area contributed by atoms with E-state index in [4.69, 9.17) is 4.74 Å². The molecule has 0 N–H and O–H groups in total. The lowest BCUT2D eigenvalue weighted by atomic mass is 9.82. The summed E-state index contributed by atoms with van der Waals surface area (Å²) in [5.41, 5.74) is -0.0321. The van der Waals surface area contributed by atoms with Crippen molar-refractivity contribution < 1.29 is 9.53 Å². The minimum absolute atomic E-state index is 0.111. The molecular formula is C14H18BrNO2. The average Bonchev–Trinajstić information content (AvgIpc) is 2.45. The Hall–Kier alpha value is -0.740. The molecule has 1 fully saturated rings. The topological polar surface area (TPSA) is 39.2 Å². The van der Waals surface area contributed by atoms with E-state index >= 15 is 0 Å². The van der Waals surface area contributed by atoms with Crippen LogP contribution in [0.2, 0.25) is 0 Å². The number of nitrogens with zero attached hydrogens (tertiary/aromatic N) is 1. The molecule has 0 bridgehead atoms. The second kappa shape index (κ2) is 4.42. The molecule has 1 saturated heterocycles. The van der Waals surface area contributed by atoms with Crippen LogP contribution in [0.3, 0.4) is 0 Å². The van der Waals surface area contributed by atoms with Crippen LogP contribution in [0.1, 0.15) is 44.5 Å². The Kier molecular flexibility index (Phi) is 3.36. The Bertz CT molecular complexity index is 482. The summed E-state index contributed by atoms with van der Waals surface area (Å²) in [6.45, 7) is 8.02. The molecular weight excluding hydrogens is 294 g/mol.